The lowest BCUT2D eigenvalue weighted by Gasteiger charge is -2.34. The normalized spacial score (nSPS) is 21.7. The van der Waals surface area contributed by atoms with E-state index in [1.54, 1.807) is 12.1 Å². The van der Waals surface area contributed by atoms with Crippen LogP contribution in [-0.2, 0) is 12.6 Å². The second kappa shape index (κ2) is 8.90. The number of nitrogens with zero attached hydrogens (tertiary/aromatic N) is 1. The average molecular weight is 514 g/mol. The Hall–Kier alpha value is -2.80. The molecule has 1 spiro atoms. The zero-order valence-corrected chi connectivity index (χ0v) is 20.3. The summed E-state index contributed by atoms with van der Waals surface area (Å²) in [5.41, 5.74) is 2.67. The molecule has 1 heterocycles. The molecule has 0 radical (unpaired) electrons. The van der Waals surface area contributed by atoms with Gasteiger partial charge in [0.05, 0.1) is 17.4 Å². The van der Waals surface area contributed by atoms with E-state index in [-0.39, 0.29) is 16.9 Å². The molecule has 3 aromatic rings. The van der Waals surface area contributed by atoms with E-state index in [9.17, 15) is 22.7 Å². The van der Waals surface area contributed by atoms with Crippen LogP contribution in [0.25, 0.3) is 11.1 Å². The molecule has 2 unspecified atom stereocenters. The molecule has 1 N–H and O–H groups in total. The molecule has 2 fully saturated rings. The first kappa shape index (κ1) is 24.5. The Morgan fingerprint density at radius 2 is 1.59 bits per heavy atom. The van der Waals surface area contributed by atoms with Crippen LogP contribution in [0.2, 0.25) is 0 Å². The van der Waals surface area contributed by atoms with E-state index in [0.29, 0.717) is 40.8 Å². The molecule has 6 rings (SSSR count). The summed E-state index contributed by atoms with van der Waals surface area (Å²) < 4.78 is 70.0. The molecule has 0 bridgehead atoms. The van der Waals surface area contributed by atoms with Gasteiger partial charge in [-0.1, -0.05) is 37.1 Å². The molecule has 2 saturated carbocycles. The molecule has 0 aliphatic heterocycles. The van der Waals surface area contributed by atoms with Gasteiger partial charge in [0.25, 0.3) is 0 Å². The van der Waals surface area contributed by atoms with Gasteiger partial charge in [0.2, 0.25) is 0 Å². The van der Waals surface area contributed by atoms with Gasteiger partial charge in [-0.05, 0) is 84.9 Å². The lowest BCUT2D eigenvalue weighted by molar-refractivity contribution is -0.137. The van der Waals surface area contributed by atoms with Crippen LogP contribution in [0.15, 0.2) is 48.5 Å². The second-order valence-electron chi connectivity index (χ2n) is 11.0. The van der Waals surface area contributed by atoms with Gasteiger partial charge in [0, 0.05) is 22.7 Å². The van der Waals surface area contributed by atoms with Gasteiger partial charge in [-0.15, -0.1) is 0 Å². The molecule has 2 atom stereocenters. The topological polar surface area (TPSA) is 33.1 Å². The third-order valence-corrected chi connectivity index (χ3v) is 8.50. The van der Waals surface area contributed by atoms with Crippen LogP contribution in [0.3, 0.4) is 0 Å². The largest absolute Gasteiger partial charge is 0.416 e. The first-order chi connectivity index (χ1) is 17.7. The van der Waals surface area contributed by atoms with Gasteiger partial charge >= 0.3 is 6.18 Å². The van der Waals surface area contributed by atoms with Crippen molar-refractivity contribution in [2.75, 3.05) is 0 Å². The number of halogens is 5. The van der Waals surface area contributed by atoms with Crippen molar-refractivity contribution in [2.45, 2.75) is 75.7 Å². The van der Waals surface area contributed by atoms with Crippen LogP contribution < -0.4 is 0 Å². The minimum Gasteiger partial charge on any atom is -0.388 e. The molecular formula is C30H28F5NO. The lowest BCUT2D eigenvalue weighted by Crippen LogP contribution is -2.25. The quantitative estimate of drug-likeness (QED) is 0.356. The lowest BCUT2D eigenvalue weighted by atomic mass is 9.76. The van der Waals surface area contributed by atoms with E-state index in [1.165, 1.54) is 24.3 Å². The summed E-state index contributed by atoms with van der Waals surface area (Å²) in [4.78, 5) is 5.03. The van der Waals surface area contributed by atoms with Gasteiger partial charge in [-0.3, -0.25) is 4.98 Å². The van der Waals surface area contributed by atoms with Crippen LogP contribution in [-0.4, -0.2) is 10.1 Å². The number of rotatable bonds is 4. The van der Waals surface area contributed by atoms with Crippen LogP contribution >= 0.6 is 0 Å². The second-order valence-corrected chi connectivity index (χ2v) is 11.0. The number of alkyl halides is 4. The van der Waals surface area contributed by atoms with Crippen LogP contribution in [0.5, 0.6) is 0 Å². The molecule has 2 nitrogen and oxygen atoms in total. The predicted molar refractivity (Wildman–Crippen MR) is 130 cm³/mol. The van der Waals surface area contributed by atoms with Crippen LogP contribution in [0, 0.1) is 11.2 Å². The molecule has 3 aliphatic rings. The fourth-order valence-corrected chi connectivity index (χ4v) is 6.38. The highest BCUT2D eigenvalue weighted by Gasteiger charge is 2.49. The van der Waals surface area contributed by atoms with E-state index >= 15 is 4.39 Å². The fourth-order valence-electron chi connectivity index (χ4n) is 6.38. The number of aromatic nitrogens is 1. The number of fused-ring (bicyclic) bond motifs is 1. The van der Waals surface area contributed by atoms with Crippen molar-refractivity contribution in [1.82, 2.24) is 4.98 Å². The number of hydrogen-bond acceptors (Lipinski definition) is 2. The zero-order chi connectivity index (χ0) is 25.9. The van der Waals surface area contributed by atoms with Gasteiger partial charge in [-0.2, -0.15) is 13.2 Å². The van der Waals surface area contributed by atoms with Gasteiger partial charge in [0.15, 0.2) is 6.17 Å². The first-order valence-electron chi connectivity index (χ1n) is 13.0. The molecule has 37 heavy (non-hydrogen) atoms. The Morgan fingerprint density at radius 1 is 0.946 bits per heavy atom. The number of pyridine rings is 1. The minimum absolute atomic E-state index is 0.0291. The van der Waals surface area contributed by atoms with E-state index < -0.39 is 29.8 Å². The minimum atomic E-state index is -4.52. The SMILES string of the molecule is OC1CC2(CC2)Cc2nc(C3CCCC3)c(C(F)c3ccc(C(F)(F)F)cc3)c(-c3ccc(F)cc3)c21. The Kier molecular flexibility index (Phi) is 5.90. The van der Waals surface area contributed by atoms with Crippen molar-refractivity contribution < 1.29 is 27.1 Å². The monoisotopic (exact) mass is 513 g/mol. The smallest absolute Gasteiger partial charge is 0.388 e. The molecule has 0 amide bonds. The fraction of sp³-hybridized carbons (Fsp3) is 0.433. The van der Waals surface area contributed by atoms with Gasteiger partial charge in [0.1, 0.15) is 5.82 Å². The Balaban J connectivity index is 1.58. The third-order valence-electron chi connectivity index (χ3n) is 8.50. The van der Waals surface area contributed by atoms with Crippen molar-refractivity contribution in [1.29, 1.82) is 0 Å². The van der Waals surface area contributed by atoms with Crippen LogP contribution in [0.1, 0.15) is 96.8 Å². The molecule has 194 valence electrons. The highest BCUT2D eigenvalue weighted by atomic mass is 19.4. The first-order valence-corrected chi connectivity index (χ1v) is 13.0. The maximum Gasteiger partial charge on any atom is 0.416 e. The summed E-state index contributed by atoms with van der Waals surface area (Å²) in [6.45, 7) is 0. The van der Waals surface area contributed by atoms with Crippen molar-refractivity contribution in [3.8, 4) is 11.1 Å². The van der Waals surface area contributed by atoms with E-state index in [1.807, 2.05) is 0 Å². The van der Waals surface area contributed by atoms with Crippen molar-refractivity contribution in [3.05, 3.63) is 88.0 Å². The molecule has 0 saturated heterocycles. The maximum absolute atomic E-state index is 16.6. The summed E-state index contributed by atoms with van der Waals surface area (Å²) in [7, 11) is 0. The predicted octanol–water partition coefficient (Wildman–Crippen LogP) is 8.38. The Bertz CT molecular complexity index is 1310. The number of aliphatic hydroxyl groups is 1. The molecular weight excluding hydrogens is 485 g/mol. The Morgan fingerprint density at radius 3 is 2.19 bits per heavy atom. The molecule has 2 aromatic carbocycles. The number of hydrogen-bond donors (Lipinski definition) is 1. The highest BCUT2D eigenvalue weighted by molar-refractivity contribution is 5.75. The molecule has 7 heteroatoms. The van der Waals surface area contributed by atoms with Crippen molar-refractivity contribution >= 4 is 0 Å². The third kappa shape index (κ3) is 4.45. The number of aliphatic hydroxyl groups excluding tert-OH is 1. The average Bonchev–Trinajstić information content (AvgIpc) is 3.37. The van der Waals surface area contributed by atoms with Crippen molar-refractivity contribution in [2.24, 2.45) is 5.41 Å². The molecule has 1 aromatic heterocycles. The zero-order valence-electron chi connectivity index (χ0n) is 20.3. The van der Waals surface area contributed by atoms with E-state index in [0.717, 1.165) is 56.4 Å². The van der Waals surface area contributed by atoms with Crippen molar-refractivity contribution in [3.63, 3.8) is 0 Å². The van der Waals surface area contributed by atoms with Gasteiger partial charge < -0.3 is 5.11 Å². The standard InChI is InChI=1S/C30H28F5NO/c31-21-11-7-17(8-12-21)24-25-22(15-29(13-14-29)16-23(25)37)36-28(19-3-1-2-4-19)26(24)27(32)18-5-9-20(10-6-18)30(33,34)35/h5-12,19,23,27,37H,1-4,13-16H2. The summed E-state index contributed by atoms with van der Waals surface area (Å²) in [5, 5.41) is 11.3. The molecule has 3 aliphatic carbocycles. The summed E-state index contributed by atoms with van der Waals surface area (Å²) in [6.07, 6.45) is -0.0743. The van der Waals surface area contributed by atoms with E-state index in [2.05, 4.69) is 0 Å². The maximum atomic E-state index is 16.6. The highest BCUT2D eigenvalue weighted by Crippen LogP contribution is 2.59. The number of benzene rings is 2. The Labute approximate surface area is 212 Å². The summed E-state index contributed by atoms with van der Waals surface area (Å²) in [5.74, 6) is -0.400. The van der Waals surface area contributed by atoms with Crippen LogP contribution in [0.4, 0.5) is 22.0 Å². The van der Waals surface area contributed by atoms with Gasteiger partial charge in [-0.25, -0.2) is 8.78 Å². The summed E-state index contributed by atoms with van der Waals surface area (Å²) >= 11 is 0. The van der Waals surface area contributed by atoms with E-state index in [4.69, 9.17) is 4.98 Å². The summed E-state index contributed by atoms with van der Waals surface area (Å²) in [6, 6.07) is 9.93.